The first-order chi connectivity index (χ1) is 10.9. The number of pyridine rings is 1. The number of nitrogens with zero attached hydrogens (tertiary/aromatic N) is 2. The lowest BCUT2D eigenvalue weighted by Crippen LogP contribution is -2.26. The Hall–Kier alpha value is -1.60. The van der Waals surface area contributed by atoms with Crippen LogP contribution in [0.25, 0.3) is 5.65 Å². The molecule has 8 heteroatoms. The molecule has 5 nitrogen and oxygen atoms in total. The standard InChI is InChI=1S/C15H13Cl2N3O2S/c16-11-7-12(17)9-14(8-11)23(21,22)18-5-4-13-10-20-6-2-1-3-15(20)19-13/h1-3,6-10,18H,4-5H2. The Bertz CT molecular complexity index is 901. The fourth-order valence-electron chi connectivity index (χ4n) is 2.19. The zero-order chi connectivity index (χ0) is 16.4. The van der Waals surface area contributed by atoms with Crippen LogP contribution in [0.5, 0.6) is 0 Å². The van der Waals surface area contributed by atoms with E-state index in [1.807, 2.05) is 35.0 Å². The molecule has 0 saturated carbocycles. The number of aromatic nitrogens is 2. The monoisotopic (exact) mass is 369 g/mol. The highest BCUT2D eigenvalue weighted by Crippen LogP contribution is 2.22. The van der Waals surface area contributed by atoms with Gasteiger partial charge in [0.2, 0.25) is 10.0 Å². The predicted octanol–water partition coefficient (Wildman–Crippen LogP) is 3.16. The third kappa shape index (κ3) is 3.84. The maximum absolute atomic E-state index is 12.2. The number of benzene rings is 1. The lowest BCUT2D eigenvalue weighted by molar-refractivity contribution is 0.581. The second kappa shape index (κ2) is 6.49. The molecule has 120 valence electrons. The maximum atomic E-state index is 12.2. The molecule has 0 radical (unpaired) electrons. The van der Waals surface area contributed by atoms with Gasteiger partial charge >= 0.3 is 0 Å². The summed E-state index contributed by atoms with van der Waals surface area (Å²) in [5.41, 5.74) is 1.63. The van der Waals surface area contributed by atoms with E-state index >= 15 is 0 Å². The molecule has 1 N–H and O–H groups in total. The number of rotatable bonds is 5. The number of hydrogen-bond donors (Lipinski definition) is 1. The highest BCUT2D eigenvalue weighted by Gasteiger charge is 2.15. The topological polar surface area (TPSA) is 63.5 Å². The minimum absolute atomic E-state index is 0.0463. The van der Waals surface area contributed by atoms with Crippen molar-refractivity contribution >= 4 is 38.9 Å². The normalized spacial score (nSPS) is 11.9. The van der Waals surface area contributed by atoms with E-state index in [-0.39, 0.29) is 21.5 Å². The molecule has 0 aliphatic carbocycles. The van der Waals surface area contributed by atoms with Crippen LogP contribution in [0.1, 0.15) is 5.69 Å². The summed E-state index contributed by atoms with van der Waals surface area (Å²) in [7, 11) is -3.66. The molecule has 0 fully saturated rings. The van der Waals surface area contributed by atoms with Gasteiger partial charge in [-0.3, -0.25) is 0 Å². The van der Waals surface area contributed by atoms with E-state index in [0.717, 1.165) is 11.3 Å². The van der Waals surface area contributed by atoms with Gasteiger partial charge in [0.15, 0.2) is 0 Å². The average molecular weight is 370 g/mol. The van der Waals surface area contributed by atoms with Crippen LogP contribution in [0, 0.1) is 0 Å². The summed E-state index contributed by atoms with van der Waals surface area (Å²) in [6.07, 6.45) is 4.25. The molecule has 0 aliphatic heterocycles. The molecular formula is C15H13Cl2N3O2S. The van der Waals surface area contributed by atoms with Crippen molar-refractivity contribution in [3.05, 3.63) is 64.5 Å². The molecule has 0 spiro atoms. The maximum Gasteiger partial charge on any atom is 0.240 e. The summed E-state index contributed by atoms with van der Waals surface area (Å²) in [6, 6.07) is 9.91. The molecule has 23 heavy (non-hydrogen) atoms. The van der Waals surface area contributed by atoms with Crippen LogP contribution in [-0.4, -0.2) is 24.3 Å². The third-order valence-electron chi connectivity index (χ3n) is 3.23. The lowest BCUT2D eigenvalue weighted by Gasteiger charge is -2.07. The Morgan fingerprint density at radius 1 is 1.13 bits per heavy atom. The molecule has 0 saturated heterocycles. The Kier molecular flexibility index (Phi) is 4.59. The molecule has 0 amide bonds. The molecule has 0 bridgehead atoms. The fourth-order valence-corrected chi connectivity index (χ4v) is 3.95. The Labute approximate surface area is 143 Å². The van der Waals surface area contributed by atoms with Crippen LogP contribution in [0.15, 0.2) is 53.7 Å². The summed E-state index contributed by atoms with van der Waals surface area (Å²) in [5.74, 6) is 0. The van der Waals surface area contributed by atoms with Crippen LogP contribution in [-0.2, 0) is 16.4 Å². The predicted molar refractivity (Wildman–Crippen MR) is 90.5 cm³/mol. The Morgan fingerprint density at radius 3 is 2.57 bits per heavy atom. The van der Waals surface area contributed by atoms with E-state index in [1.54, 1.807) is 0 Å². The van der Waals surface area contributed by atoms with Crippen molar-refractivity contribution in [2.45, 2.75) is 11.3 Å². The van der Waals surface area contributed by atoms with Gasteiger partial charge in [0.1, 0.15) is 5.65 Å². The molecule has 2 aromatic heterocycles. The first-order valence-electron chi connectivity index (χ1n) is 6.82. The number of fused-ring (bicyclic) bond motifs is 1. The Morgan fingerprint density at radius 2 is 1.87 bits per heavy atom. The number of nitrogens with one attached hydrogen (secondary N) is 1. The zero-order valence-electron chi connectivity index (χ0n) is 11.9. The van der Waals surface area contributed by atoms with Crippen LogP contribution in [0.2, 0.25) is 10.0 Å². The van der Waals surface area contributed by atoms with Crippen molar-refractivity contribution < 1.29 is 8.42 Å². The van der Waals surface area contributed by atoms with Gasteiger partial charge in [-0.05, 0) is 30.3 Å². The van der Waals surface area contributed by atoms with Gasteiger partial charge in [-0.25, -0.2) is 18.1 Å². The molecule has 0 aliphatic rings. The minimum Gasteiger partial charge on any atom is -0.307 e. The first kappa shape index (κ1) is 16.3. The molecule has 0 atom stereocenters. The van der Waals surface area contributed by atoms with Crippen LogP contribution >= 0.6 is 23.2 Å². The number of hydrogen-bond acceptors (Lipinski definition) is 3. The van der Waals surface area contributed by atoms with E-state index in [9.17, 15) is 8.42 Å². The van der Waals surface area contributed by atoms with Gasteiger partial charge in [-0.1, -0.05) is 29.3 Å². The Balaban J connectivity index is 1.69. The van der Waals surface area contributed by atoms with Gasteiger partial charge in [0.25, 0.3) is 0 Å². The molecule has 0 unspecified atom stereocenters. The van der Waals surface area contributed by atoms with Crippen molar-refractivity contribution in [3.8, 4) is 0 Å². The number of halogens is 2. The quantitative estimate of drug-likeness (QED) is 0.751. The van der Waals surface area contributed by atoms with Crippen molar-refractivity contribution in [2.24, 2.45) is 0 Å². The van der Waals surface area contributed by atoms with Crippen molar-refractivity contribution in [2.75, 3.05) is 6.54 Å². The van der Waals surface area contributed by atoms with Crippen LogP contribution < -0.4 is 4.72 Å². The average Bonchev–Trinajstić information content (AvgIpc) is 2.88. The number of imidazole rings is 1. The van der Waals surface area contributed by atoms with E-state index < -0.39 is 10.0 Å². The number of sulfonamides is 1. The fraction of sp³-hybridized carbons (Fsp3) is 0.133. The SMILES string of the molecule is O=S(=O)(NCCc1cn2ccccc2n1)c1cc(Cl)cc(Cl)c1. The molecule has 2 heterocycles. The van der Waals surface area contributed by atoms with Gasteiger partial charge < -0.3 is 4.40 Å². The highest BCUT2D eigenvalue weighted by atomic mass is 35.5. The second-order valence-electron chi connectivity index (χ2n) is 4.95. The lowest BCUT2D eigenvalue weighted by atomic mass is 10.3. The summed E-state index contributed by atoms with van der Waals surface area (Å²) in [5, 5.41) is 0.552. The van der Waals surface area contributed by atoms with Gasteiger partial charge in [-0.15, -0.1) is 0 Å². The van der Waals surface area contributed by atoms with Gasteiger partial charge in [0.05, 0.1) is 10.6 Å². The van der Waals surface area contributed by atoms with Crippen molar-refractivity contribution in [3.63, 3.8) is 0 Å². The summed E-state index contributed by atoms with van der Waals surface area (Å²) in [4.78, 5) is 4.47. The minimum atomic E-state index is -3.66. The zero-order valence-corrected chi connectivity index (χ0v) is 14.2. The molecule has 3 aromatic rings. The van der Waals surface area contributed by atoms with Crippen molar-refractivity contribution in [1.82, 2.24) is 14.1 Å². The highest BCUT2D eigenvalue weighted by molar-refractivity contribution is 7.89. The van der Waals surface area contributed by atoms with E-state index in [1.165, 1.54) is 18.2 Å². The second-order valence-corrected chi connectivity index (χ2v) is 7.59. The molecular weight excluding hydrogens is 357 g/mol. The molecule has 1 aromatic carbocycles. The van der Waals surface area contributed by atoms with Crippen LogP contribution in [0.3, 0.4) is 0 Å². The van der Waals surface area contributed by atoms with Gasteiger partial charge in [0, 0.05) is 35.4 Å². The van der Waals surface area contributed by atoms with E-state index in [4.69, 9.17) is 23.2 Å². The first-order valence-corrected chi connectivity index (χ1v) is 9.06. The van der Waals surface area contributed by atoms with E-state index in [2.05, 4.69) is 9.71 Å². The van der Waals surface area contributed by atoms with E-state index in [0.29, 0.717) is 6.42 Å². The molecule has 3 rings (SSSR count). The third-order valence-corrected chi connectivity index (χ3v) is 5.11. The summed E-state index contributed by atoms with van der Waals surface area (Å²) in [6.45, 7) is 0.232. The smallest absolute Gasteiger partial charge is 0.240 e. The summed E-state index contributed by atoms with van der Waals surface area (Å²) < 4.78 is 28.9. The van der Waals surface area contributed by atoms with Crippen molar-refractivity contribution in [1.29, 1.82) is 0 Å². The van der Waals surface area contributed by atoms with Crippen LogP contribution in [0.4, 0.5) is 0 Å². The van der Waals surface area contributed by atoms with Gasteiger partial charge in [-0.2, -0.15) is 0 Å². The summed E-state index contributed by atoms with van der Waals surface area (Å²) >= 11 is 11.7. The largest absolute Gasteiger partial charge is 0.307 e.